The molecule has 4 nitrogen and oxygen atoms in total. The molecule has 0 radical (unpaired) electrons. The summed E-state index contributed by atoms with van der Waals surface area (Å²) in [4.78, 5) is 12.4. The number of carbonyl (C=O) groups excluding carboxylic acids is 1. The summed E-state index contributed by atoms with van der Waals surface area (Å²) in [6, 6.07) is 23.2. The molecule has 0 unspecified atom stereocenters. The van der Waals surface area contributed by atoms with Gasteiger partial charge < -0.3 is 10.1 Å². The van der Waals surface area contributed by atoms with Gasteiger partial charge in [0.15, 0.2) is 5.11 Å². The number of ether oxygens (including phenoxy) is 1. The monoisotopic (exact) mass is 404 g/mol. The van der Waals surface area contributed by atoms with Gasteiger partial charge in [-0.3, -0.25) is 10.1 Å². The largest absolute Gasteiger partial charge is 0.493 e. The minimum absolute atomic E-state index is 0.261. The van der Waals surface area contributed by atoms with Crippen molar-refractivity contribution in [1.29, 1.82) is 0 Å². The fourth-order valence-electron chi connectivity index (χ4n) is 2.92. The molecule has 0 bridgehead atoms. The third-order valence-electron chi connectivity index (χ3n) is 4.48. The first-order valence-electron chi connectivity index (χ1n) is 9.47. The minimum atomic E-state index is -0.261. The summed E-state index contributed by atoms with van der Waals surface area (Å²) in [7, 11) is 0. The molecule has 0 saturated carbocycles. The smallest absolute Gasteiger partial charge is 0.257 e. The van der Waals surface area contributed by atoms with Crippen LogP contribution in [0.15, 0.2) is 72.8 Å². The van der Waals surface area contributed by atoms with Crippen LogP contribution in [0.25, 0.3) is 0 Å². The lowest BCUT2D eigenvalue weighted by atomic mass is 10.1. The van der Waals surface area contributed by atoms with E-state index >= 15 is 0 Å². The summed E-state index contributed by atoms with van der Waals surface area (Å²) in [5.41, 5.74) is 4.87. The van der Waals surface area contributed by atoms with Gasteiger partial charge in [-0.05, 0) is 67.5 Å². The van der Waals surface area contributed by atoms with E-state index in [1.54, 1.807) is 24.3 Å². The summed E-state index contributed by atoms with van der Waals surface area (Å²) < 4.78 is 5.76. The third kappa shape index (κ3) is 6.16. The summed E-state index contributed by atoms with van der Waals surface area (Å²) in [5, 5.41) is 6.05. The zero-order valence-corrected chi connectivity index (χ0v) is 17.4. The van der Waals surface area contributed by atoms with Crippen LogP contribution in [0.4, 0.5) is 5.69 Å². The average molecular weight is 405 g/mol. The van der Waals surface area contributed by atoms with E-state index in [1.807, 2.05) is 44.2 Å². The Bertz CT molecular complexity index is 986. The predicted molar refractivity (Wildman–Crippen MR) is 122 cm³/mol. The Morgan fingerprint density at radius 2 is 1.69 bits per heavy atom. The molecule has 0 saturated heterocycles. The maximum Gasteiger partial charge on any atom is 0.257 e. The molecule has 0 spiro atoms. The van der Waals surface area contributed by atoms with Crippen LogP contribution in [0.5, 0.6) is 5.75 Å². The Labute approximate surface area is 176 Å². The van der Waals surface area contributed by atoms with E-state index in [2.05, 4.69) is 28.8 Å². The lowest BCUT2D eigenvalue weighted by Gasteiger charge is -2.12. The van der Waals surface area contributed by atoms with Crippen LogP contribution < -0.4 is 15.4 Å². The van der Waals surface area contributed by atoms with Crippen molar-refractivity contribution in [3.05, 3.63) is 95.1 Å². The lowest BCUT2D eigenvalue weighted by molar-refractivity contribution is 0.0977. The van der Waals surface area contributed by atoms with Gasteiger partial charge >= 0.3 is 0 Å². The zero-order chi connectivity index (χ0) is 20.6. The summed E-state index contributed by atoms with van der Waals surface area (Å²) >= 11 is 5.27. The molecule has 1 amide bonds. The van der Waals surface area contributed by atoms with Gasteiger partial charge in [-0.1, -0.05) is 48.0 Å². The number of benzene rings is 3. The Balaban J connectivity index is 1.49. The van der Waals surface area contributed by atoms with E-state index in [1.165, 1.54) is 11.1 Å². The fourth-order valence-corrected chi connectivity index (χ4v) is 3.12. The van der Waals surface area contributed by atoms with Crippen molar-refractivity contribution in [2.75, 3.05) is 11.9 Å². The van der Waals surface area contributed by atoms with Crippen molar-refractivity contribution < 1.29 is 9.53 Å². The van der Waals surface area contributed by atoms with Gasteiger partial charge in [0.25, 0.3) is 5.91 Å². The van der Waals surface area contributed by atoms with E-state index in [0.717, 1.165) is 23.4 Å². The molecule has 0 aromatic heterocycles. The second-order valence-corrected chi connectivity index (χ2v) is 7.24. The van der Waals surface area contributed by atoms with E-state index in [-0.39, 0.29) is 11.0 Å². The number of carbonyl (C=O) groups is 1. The van der Waals surface area contributed by atoms with Crippen LogP contribution in [0.1, 0.15) is 27.0 Å². The number of aryl methyl sites for hydroxylation is 2. The Hall–Kier alpha value is -3.18. The maximum atomic E-state index is 12.4. The van der Waals surface area contributed by atoms with Crippen molar-refractivity contribution >= 4 is 28.9 Å². The fraction of sp³-hybridized carbons (Fsp3) is 0.167. The molecule has 0 fully saturated rings. The molecule has 0 atom stereocenters. The Kier molecular flexibility index (Phi) is 6.98. The highest BCUT2D eigenvalue weighted by Gasteiger charge is 2.09. The second kappa shape index (κ2) is 9.85. The Morgan fingerprint density at radius 3 is 2.38 bits per heavy atom. The van der Waals surface area contributed by atoms with Gasteiger partial charge in [-0.2, -0.15) is 0 Å². The van der Waals surface area contributed by atoms with E-state index in [9.17, 15) is 4.79 Å². The van der Waals surface area contributed by atoms with Crippen molar-refractivity contribution in [3.8, 4) is 5.75 Å². The first-order chi connectivity index (χ1) is 14.0. The van der Waals surface area contributed by atoms with Crippen LogP contribution in [0.2, 0.25) is 0 Å². The van der Waals surface area contributed by atoms with Crippen LogP contribution in [-0.4, -0.2) is 17.6 Å². The van der Waals surface area contributed by atoms with Crippen LogP contribution in [0.3, 0.4) is 0 Å². The van der Waals surface area contributed by atoms with Crippen LogP contribution in [0, 0.1) is 13.8 Å². The third-order valence-corrected chi connectivity index (χ3v) is 4.68. The Morgan fingerprint density at radius 1 is 0.966 bits per heavy atom. The van der Waals surface area contributed by atoms with E-state index in [4.69, 9.17) is 17.0 Å². The molecule has 0 aliphatic carbocycles. The number of anilines is 1. The number of hydrogen-bond acceptors (Lipinski definition) is 3. The molecule has 29 heavy (non-hydrogen) atoms. The lowest BCUT2D eigenvalue weighted by Crippen LogP contribution is -2.34. The molecule has 3 aromatic rings. The van der Waals surface area contributed by atoms with Crippen LogP contribution >= 0.6 is 12.2 Å². The first kappa shape index (κ1) is 20.6. The van der Waals surface area contributed by atoms with Gasteiger partial charge in [0, 0.05) is 17.7 Å². The number of hydrogen-bond donors (Lipinski definition) is 2. The molecule has 2 N–H and O–H groups in total. The molecule has 5 heteroatoms. The molecular weight excluding hydrogens is 380 g/mol. The quantitative estimate of drug-likeness (QED) is 0.565. The number of rotatable bonds is 6. The van der Waals surface area contributed by atoms with Gasteiger partial charge in [0.2, 0.25) is 0 Å². The molecule has 0 aliphatic rings. The first-order valence-corrected chi connectivity index (χ1v) is 9.88. The maximum absolute atomic E-state index is 12.4. The summed E-state index contributed by atoms with van der Waals surface area (Å²) in [6.45, 7) is 4.61. The SMILES string of the molecule is Cc1ccc(NC(=S)NC(=O)c2ccc(OCCc3ccccc3)cc2)c(C)c1. The van der Waals surface area contributed by atoms with Gasteiger partial charge in [0.1, 0.15) is 5.75 Å². The average Bonchev–Trinajstić information content (AvgIpc) is 2.71. The predicted octanol–water partition coefficient (Wildman–Crippen LogP) is 5.05. The highest BCUT2D eigenvalue weighted by Crippen LogP contribution is 2.16. The summed E-state index contributed by atoms with van der Waals surface area (Å²) in [5.74, 6) is 0.469. The number of amides is 1. The number of thiocarbonyl (C=S) groups is 1. The van der Waals surface area contributed by atoms with Gasteiger partial charge in [-0.15, -0.1) is 0 Å². The highest BCUT2D eigenvalue weighted by atomic mass is 32.1. The van der Waals surface area contributed by atoms with E-state index < -0.39 is 0 Å². The molecular formula is C24H24N2O2S. The van der Waals surface area contributed by atoms with Gasteiger partial charge in [-0.25, -0.2) is 0 Å². The minimum Gasteiger partial charge on any atom is -0.493 e. The molecule has 3 rings (SSSR count). The topological polar surface area (TPSA) is 50.4 Å². The van der Waals surface area contributed by atoms with Crippen molar-refractivity contribution in [2.24, 2.45) is 0 Å². The normalized spacial score (nSPS) is 10.3. The van der Waals surface area contributed by atoms with Crippen LogP contribution in [-0.2, 0) is 6.42 Å². The molecule has 0 aliphatic heterocycles. The van der Waals surface area contributed by atoms with Crippen molar-refractivity contribution in [3.63, 3.8) is 0 Å². The number of nitrogens with one attached hydrogen (secondary N) is 2. The zero-order valence-electron chi connectivity index (χ0n) is 16.6. The molecule has 3 aromatic carbocycles. The van der Waals surface area contributed by atoms with E-state index in [0.29, 0.717) is 12.2 Å². The molecule has 148 valence electrons. The summed E-state index contributed by atoms with van der Waals surface area (Å²) in [6.07, 6.45) is 0.835. The van der Waals surface area contributed by atoms with Crippen molar-refractivity contribution in [1.82, 2.24) is 5.32 Å². The van der Waals surface area contributed by atoms with Gasteiger partial charge in [0.05, 0.1) is 6.61 Å². The van der Waals surface area contributed by atoms with Crippen molar-refractivity contribution in [2.45, 2.75) is 20.3 Å². The molecule has 0 heterocycles. The second-order valence-electron chi connectivity index (χ2n) is 6.84. The highest BCUT2D eigenvalue weighted by molar-refractivity contribution is 7.80. The standard InChI is InChI=1S/C24H24N2O2S/c1-17-8-13-22(18(2)16-17)25-24(29)26-23(27)20-9-11-21(12-10-20)28-15-14-19-6-4-3-5-7-19/h3-13,16H,14-15H2,1-2H3,(H2,25,26,27,29).